The molecule has 1 unspecified atom stereocenters. The maximum atomic E-state index is 11.8. The number of carbonyl (C=O) groups is 2. The molecule has 1 atom stereocenters. The number of methoxy groups -OCH3 is 1. The van der Waals surface area contributed by atoms with E-state index in [-0.39, 0.29) is 11.3 Å². The van der Waals surface area contributed by atoms with E-state index in [0.29, 0.717) is 5.69 Å². The second kappa shape index (κ2) is 5.20. The van der Waals surface area contributed by atoms with Gasteiger partial charge in [-0.3, -0.25) is 4.79 Å². The quantitative estimate of drug-likeness (QED) is 0.512. The molecule has 0 saturated carbocycles. The molecule has 1 aromatic carbocycles. The molecule has 0 heterocycles. The van der Waals surface area contributed by atoms with Crippen molar-refractivity contribution in [1.82, 2.24) is 5.32 Å². The van der Waals surface area contributed by atoms with Crippen LogP contribution in [0.3, 0.4) is 0 Å². The number of nitrogens with one attached hydrogen (secondary N) is 1. The van der Waals surface area contributed by atoms with Crippen LogP contribution in [0.4, 0.5) is 11.4 Å². The number of carbonyl (C=O) groups excluding carboxylic acids is 2. The maximum absolute atomic E-state index is 11.8. The third-order valence-corrected chi connectivity index (χ3v) is 2.22. The number of anilines is 2. The van der Waals surface area contributed by atoms with Crippen LogP contribution < -0.4 is 16.8 Å². The number of esters is 1. The van der Waals surface area contributed by atoms with Crippen LogP contribution in [0.2, 0.25) is 0 Å². The summed E-state index contributed by atoms with van der Waals surface area (Å²) >= 11 is 0. The second-order valence-electron chi connectivity index (χ2n) is 3.56. The molecule has 0 aliphatic heterocycles. The van der Waals surface area contributed by atoms with E-state index in [1.165, 1.54) is 26.2 Å². The summed E-state index contributed by atoms with van der Waals surface area (Å²) in [6.07, 6.45) is 0. The van der Waals surface area contributed by atoms with Crippen molar-refractivity contribution in [2.45, 2.75) is 13.0 Å². The number of nitrogens with two attached hydrogens (primary N) is 2. The van der Waals surface area contributed by atoms with Gasteiger partial charge in [0.1, 0.15) is 6.04 Å². The highest BCUT2D eigenvalue weighted by atomic mass is 16.5. The molecule has 0 saturated heterocycles. The predicted octanol–water partition coefficient (Wildman–Crippen LogP) is 0.142. The fraction of sp³-hybridized carbons (Fsp3) is 0.273. The summed E-state index contributed by atoms with van der Waals surface area (Å²) < 4.78 is 4.49. The minimum Gasteiger partial charge on any atom is -0.467 e. The van der Waals surface area contributed by atoms with Gasteiger partial charge in [-0.15, -0.1) is 0 Å². The molecular formula is C11H15N3O3. The van der Waals surface area contributed by atoms with Gasteiger partial charge >= 0.3 is 5.97 Å². The van der Waals surface area contributed by atoms with Crippen LogP contribution in [0.15, 0.2) is 18.2 Å². The van der Waals surface area contributed by atoms with E-state index in [2.05, 4.69) is 10.1 Å². The van der Waals surface area contributed by atoms with Gasteiger partial charge < -0.3 is 21.5 Å². The van der Waals surface area contributed by atoms with Crippen molar-refractivity contribution in [3.05, 3.63) is 23.8 Å². The van der Waals surface area contributed by atoms with Gasteiger partial charge in [0.2, 0.25) is 0 Å². The number of hydrogen-bond donors (Lipinski definition) is 3. The molecule has 0 aliphatic carbocycles. The monoisotopic (exact) mass is 237 g/mol. The number of benzene rings is 1. The summed E-state index contributed by atoms with van der Waals surface area (Å²) in [6, 6.07) is 3.82. The van der Waals surface area contributed by atoms with E-state index in [0.717, 1.165) is 0 Å². The molecule has 0 aliphatic rings. The number of ether oxygens (including phenoxy) is 1. The van der Waals surface area contributed by atoms with Crippen molar-refractivity contribution in [2.24, 2.45) is 0 Å². The third kappa shape index (κ3) is 3.10. The van der Waals surface area contributed by atoms with Crippen molar-refractivity contribution in [2.75, 3.05) is 18.6 Å². The average molecular weight is 237 g/mol. The lowest BCUT2D eigenvalue weighted by Crippen LogP contribution is -2.39. The van der Waals surface area contributed by atoms with E-state index < -0.39 is 17.9 Å². The molecule has 1 amide bonds. The molecule has 92 valence electrons. The van der Waals surface area contributed by atoms with Gasteiger partial charge in [0.25, 0.3) is 5.91 Å². The SMILES string of the molecule is COC(=O)C(C)NC(=O)c1ccc(N)cc1N. The summed E-state index contributed by atoms with van der Waals surface area (Å²) in [5.41, 5.74) is 12.2. The zero-order valence-electron chi connectivity index (χ0n) is 9.69. The smallest absolute Gasteiger partial charge is 0.328 e. The molecule has 0 bridgehead atoms. The highest BCUT2D eigenvalue weighted by Gasteiger charge is 2.18. The molecular weight excluding hydrogens is 222 g/mol. The Morgan fingerprint density at radius 1 is 1.35 bits per heavy atom. The zero-order chi connectivity index (χ0) is 13.0. The molecule has 0 radical (unpaired) electrons. The van der Waals surface area contributed by atoms with Crippen molar-refractivity contribution >= 4 is 23.3 Å². The Hall–Kier alpha value is -2.24. The Bertz CT molecular complexity index is 446. The van der Waals surface area contributed by atoms with Crippen molar-refractivity contribution in [1.29, 1.82) is 0 Å². The van der Waals surface area contributed by atoms with Crippen molar-refractivity contribution < 1.29 is 14.3 Å². The molecule has 1 aromatic rings. The van der Waals surface area contributed by atoms with E-state index in [1.54, 1.807) is 6.07 Å². The minimum atomic E-state index is -0.732. The van der Waals surface area contributed by atoms with Crippen molar-refractivity contribution in [3.63, 3.8) is 0 Å². The topological polar surface area (TPSA) is 107 Å². The highest BCUT2D eigenvalue weighted by Crippen LogP contribution is 2.15. The van der Waals surface area contributed by atoms with Crippen LogP contribution in [0.5, 0.6) is 0 Å². The summed E-state index contributed by atoms with van der Waals surface area (Å²) in [7, 11) is 1.25. The van der Waals surface area contributed by atoms with Gasteiger partial charge in [-0.2, -0.15) is 0 Å². The Kier molecular flexibility index (Phi) is 3.92. The summed E-state index contributed by atoms with van der Waals surface area (Å²) in [5.74, 6) is -0.965. The maximum Gasteiger partial charge on any atom is 0.328 e. The van der Waals surface area contributed by atoms with E-state index >= 15 is 0 Å². The van der Waals surface area contributed by atoms with Crippen LogP contribution in [-0.2, 0) is 9.53 Å². The number of nitrogen functional groups attached to an aromatic ring is 2. The Morgan fingerprint density at radius 3 is 2.53 bits per heavy atom. The lowest BCUT2D eigenvalue weighted by Gasteiger charge is -2.12. The molecule has 6 heteroatoms. The first kappa shape index (κ1) is 12.8. The lowest BCUT2D eigenvalue weighted by molar-refractivity contribution is -0.142. The Labute approximate surface area is 98.9 Å². The Morgan fingerprint density at radius 2 is 2.00 bits per heavy atom. The molecule has 17 heavy (non-hydrogen) atoms. The predicted molar refractivity (Wildman–Crippen MR) is 64.2 cm³/mol. The fourth-order valence-corrected chi connectivity index (χ4v) is 1.30. The first-order valence-electron chi connectivity index (χ1n) is 4.99. The van der Waals surface area contributed by atoms with Gasteiger partial charge in [0.15, 0.2) is 0 Å². The average Bonchev–Trinajstić information content (AvgIpc) is 2.27. The van der Waals surface area contributed by atoms with Gasteiger partial charge in [-0.25, -0.2) is 4.79 Å². The van der Waals surface area contributed by atoms with Gasteiger partial charge in [0, 0.05) is 11.4 Å². The number of amides is 1. The molecule has 5 N–H and O–H groups in total. The normalized spacial score (nSPS) is 11.6. The summed E-state index contributed by atoms with van der Waals surface area (Å²) in [4.78, 5) is 22.9. The summed E-state index contributed by atoms with van der Waals surface area (Å²) in [5, 5.41) is 2.47. The lowest BCUT2D eigenvalue weighted by atomic mass is 10.1. The fourth-order valence-electron chi connectivity index (χ4n) is 1.30. The largest absolute Gasteiger partial charge is 0.467 e. The van der Waals surface area contributed by atoms with Gasteiger partial charge in [0.05, 0.1) is 12.7 Å². The van der Waals surface area contributed by atoms with E-state index in [1.807, 2.05) is 0 Å². The Balaban J connectivity index is 2.80. The third-order valence-electron chi connectivity index (χ3n) is 2.22. The zero-order valence-corrected chi connectivity index (χ0v) is 9.69. The molecule has 0 aromatic heterocycles. The van der Waals surface area contributed by atoms with Gasteiger partial charge in [-0.05, 0) is 25.1 Å². The molecule has 6 nitrogen and oxygen atoms in total. The first-order valence-corrected chi connectivity index (χ1v) is 4.99. The second-order valence-corrected chi connectivity index (χ2v) is 3.56. The molecule has 0 spiro atoms. The highest BCUT2D eigenvalue weighted by molar-refractivity contribution is 6.01. The van der Waals surface area contributed by atoms with Gasteiger partial charge in [-0.1, -0.05) is 0 Å². The van der Waals surface area contributed by atoms with Crippen LogP contribution in [0.1, 0.15) is 17.3 Å². The van der Waals surface area contributed by atoms with Crippen LogP contribution >= 0.6 is 0 Å². The van der Waals surface area contributed by atoms with E-state index in [9.17, 15) is 9.59 Å². The van der Waals surface area contributed by atoms with E-state index in [4.69, 9.17) is 11.5 Å². The number of rotatable bonds is 3. The standard InChI is InChI=1S/C11H15N3O3/c1-6(11(16)17-2)14-10(15)8-4-3-7(12)5-9(8)13/h3-6H,12-13H2,1-2H3,(H,14,15). The minimum absolute atomic E-state index is 0.263. The van der Waals surface area contributed by atoms with Crippen molar-refractivity contribution in [3.8, 4) is 0 Å². The first-order chi connectivity index (χ1) is 7.95. The van der Waals surface area contributed by atoms with Crippen LogP contribution in [0, 0.1) is 0 Å². The van der Waals surface area contributed by atoms with Crippen LogP contribution in [-0.4, -0.2) is 25.0 Å². The summed E-state index contributed by atoms with van der Waals surface area (Å²) in [6.45, 7) is 1.53. The molecule has 1 rings (SSSR count). The molecule has 0 fully saturated rings. The van der Waals surface area contributed by atoms with Crippen LogP contribution in [0.25, 0.3) is 0 Å². The number of hydrogen-bond acceptors (Lipinski definition) is 5.